The summed E-state index contributed by atoms with van der Waals surface area (Å²) in [5, 5.41) is 2.58. The molecule has 232 valence electrons. The normalized spacial score (nSPS) is 13.2. The van der Waals surface area contributed by atoms with Crippen molar-refractivity contribution in [3.63, 3.8) is 0 Å². The van der Waals surface area contributed by atoms with Crippen LogP contribution in [0.5, 0.6) is 0 Å². The Kier molecular flexibility index (Phi) is 11.6. The van der Waals surface area contributed by atoms with Gasteiger partial charge in [0.1, 0.15) is 12.6 Å². The second-order valence-electron chi connectivity index (χ2n) is 10.1. The number of hydrogen-bond donors (Lipinski definition) is 1. The van der Waals surface area contributed by atoms with E-state index in [1.54, 1.807) is 13.0 Å². The summed E-state index contributed by atoms with van der Waals surface area (Å²) in [5.74, 6) is -1.18. The predicted octanol–water partition coefficient (Wildman–Crippen LogP) is 6.32. The predicted molar refractivity (Wildman–Crippen MR) is 161 cm³/mol. The lowest BCUT2D eigenvalue weighted by Crippen LogP contribution is -2.54. The second kappa shape index (κ2) is 14.7. The molecule has 2 atom stereocenters. The minimum absolute atomic E-state index is 0.0603. The van der Waals surface area contributed by atoms with Crippen LogP contribution in [0.3, 0.4) is 0 Å². The van der Waals surface area contributed by atoms with Gasteiger partial charge in [-0.2, -0.15) is 13.2 Å². The maximum absolute atomic E-state index is 14.1. The highest BCUT2D eigenvalue weighted by atomic mass is 35.5. The maximum atomic E-state index is 14.1. The first-order valence-corrected chi connectivity index (χ1v) is 15.7. The van der Waals surface area contributed by atoms with Gasteiger partial charge in [0.25, 0.3) is 10.0 Å². The van der Waals surface area contributed by atoms with Crippen molar-refractivity contribution in [2.24, 2.45) is 0 Å². The van der Waals surface area contributed by atoms with Crippen molar-refractivity contribution in [3.8, 4) is 0 Å². The topological polar surface area (TPSA) is 86.8 Å². The lowest BCUT2D eigenvalue weighted by Gasteiger charge is -2.34. The van der Waals surface area contributed by atoms with Crippen LogP contribution in [0.2, 0.25) is 5.02 Å². The third-order valence-corrected chi connectivity index (χ3v) is 9.12. The Morgan fingerprint density at radius 2 is 1.53 bits per heavy atom. The van der Waals surface area contributed by atoms with Crippen molar-refractivity contribution in [1.82, 2.24) is 10.2 Å². The molecule has 1 N–H and O–H groups in total. The zero-order valence-electron chi connectivity index (χ0n) is 24.1. The number of amides is 2. The number of benzene rings is 3. The smallest absolute Gasteiger partial charge is 0.352 e. The van der Waals surface area contributed by atoms with Gasteiger partial charge in [-0.05, 0) is 62.1 Å². The van der Waals surface area contributed by atoms with Gasteiger partial charge in [0, 0.05) is 12.6 Å². The van der Waals surface area contributed by atoms with Gasteiger partial charge in [-0.15, -0.1) is 0 Å². The molecule has 0 bridgehead atoms. The number of hydrogen-bond acceptors (Lipinski definition) is 4. The summed E-state index contributed by atoms with van der Waals surface area (Å²) >= 11 is 6.29. The highest BCUT2D eigenvalue weighted by Crippen LogP contribution is 2.37. The third-order valence-electron chi connectivity index (χ3n) is 7.02. The summed E-state index contributed by atoms with van der Waals surface area (Å²) in [6.45, 7) is 4.62. The van der Waals surface area contributed by atoms with Gasteiger partial charge in [0.15, 0.2) is 0 Å². The Bertz CT molecular complexity index is 1490. The molecular formula is C31H35ClF3N3O4S. The molecule has 43 heavy (non-hydrogen) atoms. The number of alkyl halides is 3. The highest BCUT2D eigenvalue weighted by Gasteiger charge is 2.37. The molecule has 0 aromatic heterocycles. The summed E-state index contributed by atoms with van der Waals surface area (Å²) in [4.78, 5) is 28.4. The molecule has 0 saturated carbocycles. The molecule has 0 aliphatic carbocycles. The maximum Gasteiger partial charge on any atom is 0.416 e. The van der Waals surface area contributed by atoms with Gasteiger partial charge in [-0.25, -0.2) is 8.42 Å². The van der Waals surface area contributed by atoms with Crippen molar-refractivity contribution in [3.05, 3.63) is 95.0 Å². The average Bonchev–Trinajstić information content (AvgIpc) is 2.98. The first kappa shape index (κ1) is 33.9. The summed E-state index contributed by atoms with van der Waals surface area (Å²) in [5.41, 5.74) is -0.756. The number of nitrogens with one attached hydrogen (secondary N) is 1. The lowest BCUT2D eigenvalue weighted by atomic mass is 10.1. The van der Waals surface area contributed by atoms with Crippen LogP contribution >= 0.6 is 11.6 Å². The number of carbonyl (C=O) groups excluding carboxylic acids is 2. The van der Waals surface area contributed by atoms with Crippen molar-refractivity contribution in [2.75, 3.05) is 17.4 Å². The minimum Gasteiger partial charge on any atom is -0.352 e. The summed E-state index contributed by atoms with van der Waals surface area (Å²) in [7, 11) is -4.58. The van der Waals surface area contributed by atoms with E-state index in [1.165, 1.54) is 29.2 Å². The summed E-state index contributed by atoms with van der Waals surface area (Å²) in [6, 6.07) is 17.4. The number of sulfonamides is 1. The van der Waals surface area contributed by atoms with E-state index in [1.807, 2.05) is 44.2 Å². The third kappa shape index (κ3) is 8.73. The fraction of sp³-hybridized carbons (Fsp3) is 0.355. The number of rotatable bonds is 13. The molecule has 2 amide bonds. The first-order valence-electron chi connectivity index (χ1n) is 13.9. The van der Waals surface area contributed by atoms with Crippen molar-refractivity contribution >= 4 is 39.1 Å². The Hall–Kier alpha value is -3.57. The first-order chi connectivity index (χ1) is 20.3. The quantitative estimate of drug-likeness (QED) is 0.238. The number of halogens is 4. The Balaban J connectivity index is 2.10. The van der Waals surface area contributed by atoms with Crippen molar-refractivity contribution in [1.29, 1.82) is 0 Å². The van der Waals surface area contributed by atoms with Gasteiger partial charge in [-0.1, -0.05) is 74.0 Å². The molecule has 3 rings (SSSR count). The Morgan fingerprint density at radius 3 is 2.09 bits per heavy atom. The fourth-order valence-corrected chi connectivity index (χ4v) is 6.17. The second-order valence-corrected chi connectivity index (χ2v) is 12.3. The molecule has 0 heterocycles. The summed E-state index contributed by atoms with van der Waals surface area (Å²) < 4.78 is 69.4. The fourth-order valence-electron chi connectivity index (χ4n) is 4.45. The van der Waals surface area contributed by atoms with Crippen LogP contribution in [0, 0.1) is 0 Å². The molecule has 0 fully saturated rings. The molecule has 3 aromatic rings. The Labute approximate surface area is 255 Å². The van der Waals surface area contributed by atoms with Crippen molar-refractivity contribution in [2.45, 2.75) is 63.2 Å². The van der Waals surface area contributed by atoms with E-state index in [9.17, 15) is 31.2 Å². The van der Waals surface area contributed by atoms with Crippen LogP contribution in [0.1, 0.15) is 44.7 Å². The molecule has 0 spiro atoms. The molecule has 0 unspecified atom stereocenters. The van der Waals surface area contributed by atoms with E-state index in [-0.39, 0.29) is 28.9 Å². The molecule has 0 aliphatic rings. The molecular weight excluding hydrogens is 603 g/mol. The lowest BCUT2D eigenvalue weighted by molar-refractivity contribution is -0.139. The van der Waals surface area contributed by atoms with Gasteiger partial charge >= 0.3 is 6.18 Å². The van der Waals surface area contributed by atoms with Gasteiger partial charge < -0.3 is 10.2 Å². The number of anilines is 1. The van der Waals surface area contributed by atoms with Crippen LogP contribution in [0.15, 0.2) is 83.8 Å². The molecule has 3 aromatic carbocycles. The molecule has 12 heteroatoms. The van der Waals surface area contributed by atoms with Crippen LogP contribution in [0.4, 0.5) is 18.9 Å². The zero-order chi connectivity index (χ0) is 31.8. The van der Waals surface area contributed by atoms with Crippen LogP contribution in [0.25, 0.3) is 0 Å². The monoisotopic (exact) mass is 637 g/mol. The van der Waals surface area contributed by atoms with Gasteiger partial charge in [-0.3, -0.25) is 13.9 Å². The van der Waals surface area contributed by atoms with E-state index in [0.717, 1.165) is 17.7 Å². The number of carbonyl (C=O) groups is 2. The van der Waals surface area contributed by atoms with E-state index >= 15 is 0 Å². The van der Waals surface area contributed by atoms with E-state index in [2.05, 4.69) is 5.32 Å². The minimum atomic E-state index is -4.80. The average molecular weight is 638 g/mol. The highest BCUT2D eigenvalue weighted by molar-refractivity contribution is 7.92. The van der Waals surface area contributed by atoms with Gasteiger partial charge in [0.05, 0.1) is 21.2 Å². The summed E-state index contributed by atoms with van der Waals surface area (Å²) in [6.07, 6.45) is -3.57. The van der Waals surface area contributed by atoms with E-state index < -0.39 is 51.9 Å². The molecule has 0 saturated heterocycles. The Morgan fingerprint density at radius 1 is 0.930 bits per heavy atom. The van der Waals surface area contributed by atoms with E-state index in [0.29, 0.717) is 23.2 Å². The SMILES string of the molecule is CC[C@@H](C)NC(=O)[C@H](CC)N(CCc1ccccc1)C(=O)CN(c1cc(C(F)(F)F)ccc1Cl)S(=O)(=O)c1ccccc1. The molecule has 7 nitrogen and oxygen atoms in total. The number of nitrogens with zero attached hydrogens (tertiary/aromatic N) is 2. The van der Waals surface area contributed by atoms with Crippen LogP contribution < -0.4 is 9.62 Å². The van der Waals surface area contributed by atoms with Crippen LogP contribution in [-0.2, 0) is 32.2 Å². The molecule has 0 aliphatic heterocycles. The standard InChI is InChI=1S/C31H35ClF3N3O4S/c1-4-22(3)36-30(40)27(5-2)37(19-18-23-12-8-6-9-13-23)29(39)21-38(43(41,42)25-14-10-7-11-15-25)28-20-24(31(33,34)35)16-17-26(28)32/h6-17,20,22,27H,4-5,18-19,21H2,1-3H3,(H,36,40)/t22-,27+/m1/s1. The molecule has 0 radical (unpaired) electrons. The van der Waals surface area contributed by atoms with Crippen LogP contribution in [-0.4, -0.2) is 50.3 Å². The zero-order valence-corrected chi connectivity index (χ0v) is 25.7. The van der Waals surface area contributed by atoms with Crippen molar-refractivity contribution < 1.29 is 31.2 Å². The van der Waals surface area contributed by atoms with E-state index in [4.69, 9.17) is 11.6 Å². The largest absolute Gasteiger partial charge is 0.416 e. The van der Waals surface area contributed by atoms with Gasteiger partial charge in [0.2, 0.25) is 11.8 Å².